The Labute approximate surface area is 157 Å². The van der Waals surface area contributed by atoms with Gasteiger partial charge in [0.2, 0.25) is 5.91 Å². The van der Waals surface area contributed by atoms with E-state index in [9.17, 15) is 9.59 Å². The molecular weight excluding hydrogens is 354 g/mol. The van der Waals surface area contributed by atoms with E-state index in [4.69, 9.17) is 21.4 Å². The molecule has 0 heterocycles. The van der Waals surface area contributed by atoms with Crippen molar-refractivity contribution in [1.29, 1.82) is 0 Å². The zero-order chi connectivity index (χ0) is 18.9. The van der Waals surface area contributed by atoms with E-state index in [-0.39, 0.29) is 11.5 Å². The number of aromatic carboxylic acids is 1. The van der Waals surface area contributed by atoms with Crippen LogP contribution < -0.4 is 10.1 Å². The maximum Gasteiger partial charge on any atom is 0.335 e. The molecule has 0 radical (unpaired) electrons. The van der Waals surface area contributed by atoms with Gasteiger partial charge < -0.3 is 15.2 Å². The Morgan fingerprint density at radius 1 is 1.15 bits per heavy atom. The average Bonchev–Trinajstić information content (AvgIpc) is 2.62. The number of carbonyl (C=O) groups is 2. The summed E-state index contributed by atoms with van der Waals surface area (Å²) < 4.78 is 5.59. The lowest BCUT2D eigenvalue weighted by Crippen LogP contribution is -2.13. The van der Waals surface area contributed by atoms with E-state index >= 15 is 0 Å². The van der Waals surface area contributed by atoms with Gasteiger partial charge in [-0.3, -0.25) is 4.79 Å². The normalized spacial score (nSPS) is 10.4. The SMILES string of the molecule is CCCOc1ccc(C(=O)O)cc1NC(=O)CCCc1ccc(Cl)cc1. The first-order chi connectivity index (χ1) is 12.5. The number of rotatable bonds is 9. The summed E-state index contributed by atoms with van der Waals surface area (Å²) in [6, 6.07) is 12.0. The van der Waals surface area contributed by atoms with E-state index in [0.717, 1.165) is 18.4 Å². The van der Waals surface area contributed by atoms with Crippen LogP contribution in [0.25, 0.3) is 0 Å². The number of hydrogen-bond donors (Lipinski definition) is 2. The fraction of sp³-hybridized carbons (Fsp3) is 0.300. The van der Waals surface area contributed by atoms with Crippen LogP contribution in [0.4, 0.5) is 5.69 Å². The number of hydrogen-bond acceptors (Lipinski definition) is 3. The molecule has 0 bridgehead atoms. The number of carboxylic acids is 1. The molecule has 2 N–H and O–H groups in total. The summed E-state index contributed by atoms with van der Waals surface area (Å²) in [7, 11) is 0. The van der Waals surface area contributed by atoms with Gasteiger partial charge in [0.05, 0.1) is 17.9 Å². The summed E-state index contributed by atoms with van der Waals surface area (Å²) >= 11 is 5.85. The topological polar surface area (TPSA) is 75.6 Å². The van der Waals surface area contributed by atoms with Crippen LogP contribution in [0.15, 0.2) is 42.5 Å². The maximum absolute atomic E-state index is 12.2. The minimum Gasteiger partial charge on any atom is -0.491 e. The fourth-order valence-corrected chi connectivity index (χ4v) is 2.54. The third kappa shape index (κ3) is 6.08. The minimum absolute atomic E-state index is 0.102. The highest BCUT2D eigenvalue weighted by atomic mass is 35.5. The molecule has 2 aromatic carbocycles. The van der Waals surface area contributed by atoms with Crippen LogP contribution in [0, 0.1) is 0 Å². The molecule has 0 aliphatic rings. The summed E-state index contributed by atoms with van der Waals surface area (Å²) in [6.07, 6.45) is 2.58. The summed E-state index contributed by atoms with van der Waals surface area (Å²) in [5.74, 6) is -0.754. The highest BCUT2D eigenvalue weighted by Crippen LogP contribution is 2.26. The fourth-order valence-electron chi connectivity index (χ4n) is 2.42. The van der Waals surface area contributed by atoms with E-state index in [1.54, 1.807) is 6.07 Å². The van der Waals surface area contributed by atoms with Crippen molar-refractivity contribution < 1.29 is 19.4 Å². The number of aryl methyl sites for hydroxylation is 1. The van der Waals surface area contributed by atoms with E-state index in [0.29, 0.717) is 35.9 Å². The van der Waals surface area contributed by atoms with Crippen LogP contribution in [0.2, 0.25) is 5.02 Å². The molecule has 0 saturated carbocycles. The number of carbonyl (C=O) groups excluding carboxylic acids is 1. The molecule has 5 nitrogen and oxygen atoms in total. The molecule has 0 aliphatic carbocycles. The monoisotopic (exact) mass is 375 g/mol. The van der Waals surface area contributed by atoms with Crippen molar-refractivity contribution in [3.63, 3.8) is 0 Å². The Balaban J connectivity index is 1.96. The molecule has 2 aromatic rings. The molecule has 138 valence electrons. The molecule has 26 heavy (non-hydrogen) atoms. The first-order valence-corrected chi connectivity index (χ1v) is 8.92. The molecule has 0 fully saturated rings. The number of halogens is 1. The summed E-state index contributed by atoms with van der Waals surface area (Å²) in [5, 5.41) is 12.6. The second kappa shape index (κ2) is 9.82. The molecular formula is C20H22ClNO4. The van der Waals surface area contributed by atoms with Gasteiger partial charge in [-0.05, 0) is 55.2 Å². The molecule has 0 unspecified atom stereocenters. The van der Waals surface area contributed by atoms with Gasteiger partial charge in [-0.2, -0.15) is 0 Å². The van der Waals surface area contributed by atoms with Crippen LogP contribution in [0.5, 0.6) is 5.75 Å². The van der Waals surface area contributed by atoms with Crippen molar-refractivity contribution in [3.05, 3.63) is 58.6 Å². The van der Waals surface area contributed by atoms with E-state index in [2.05, 4.69) is 5.32 Å². The number of benzene rings is 2. The number of nitrogens with one attached hydrogen (secondary N) is 1. The van der Waals surface area contributed by atoms with Gasteiger partial charge in [0, 0.05) is 11.4 Å². The lowest BCUT2D eigenvalue weighted by Gasteiger charge is -2.13. The maximum atomic E-state index is 12.2. The highest BCUT2D eigenvalue weighted by molar-refractivity contribution is 6.30. The average molecular weight is 376 g/mol. The van der Waals surface area contributed by atoms with Crippen LogP contribution >= 0.6 is 11.6 Å². The molecule has 0 saturated heterocycles. The standard InChI is InChI=1S/C20H22ClNO4/c1-2-12-26-18-11-8-15(20(24)25)13-17(18)22-19(23)5-3-4-14-6-9-16(21)10-7-14/h6-11,13H,2-5,12H2,1H3,(H,22,23)(H,24,25). The van der Waals surface area contributed by atoms with Gasteiger partial charge >= 0.3 is 5.97 Å². The molecule has 2 rings (SSSR count). The van der Waals surface area contributed by atoms with E-state index in [1.165, 1.54) is 12.1 Å². The third-order valence-electron chi connectivity index (χ3n) is 3.74. The highest BCUT2D eigenvalue weighted by Gasteiger charge is 2.12. The number of amides is 1. The zero-order valence-electron chi connectivity index (χ0n) is 14.6. The molecule has 0 aliphatic heterocycles. The first-order valence-electron chi connectivity index (χ1n) is 8.54. The Morgan fingerprint density at radius 2 is 1.88 bits per heavy atom. The van der Waals surface area contributed by atoms with Crippen molar-refractivity contribution in [1.82, 2.24) is 0 Å². The van der Waals surface area contributed by atoms with Crippen molar-refractivity contribution in [2.45, 2.75) is 32.6 Å². The first kappa shape index (κ1) is 19.8. The van der Waals surface area contributed by atoms with E-state index in [1.807, 2.05) is 31.2 Å². The van der Waals surface area contributed by atoms with Crippen molar-refractivity contribution in [3.8, 4) is 5.75 Å². The van der Waals surface area contributed by atoms with Crippen LogP contribution in [0.1, 0.15) is 42.1 Å². The van der Waals surface area contributed by atoms with E-state index < -0.39 is 5.97 Å². The Kier molecular flexibility index (Phi) is 7.48. The molecule has 0 atom stereocenters. The summed E-state index contributed by atoms with van der Waals surface area (Å²) in [5.41, 5.74) is 1.60. The van der Waals surface area contributed by atoms with Crippen molar-refractivity contribution in [2.24, 2.45) is 0 Å². The predicted molar refractivity (Wildman–Crippen MR) is 102 cm³/mol. The minimum atomic E-state index is -1.05. The third-order valence-corrected chi connectivity index (χ3v) is 4.00. The Morgan fingerprint density at radius 3 is 2.54 bits per heavy atom. The quantitative estimate of drug-likeness (QED) is 0.660. The molecule has 0 aromatic heterocycles. The predicted octanol–water partition coefficient (Wildman–Crippen LogP) is 4.79. The number of ether oxygens (including phenoxy) is 1. The number of carboxylic acid groups (broad SMARTS) is 1. The summed E-state index contributed by atoms with van der Waals surface area (Å²) in [4.78, 5) is 23.4. The van der Waals surface area contributed by atoms with Gasteiger partial charge in [-0.25, -0.2) is 4.79 Å². The van der Waals surface area contributed by atoms with Crippen LogP contribution in [-0.2, 0) is 11.2 Å². The second-order valence-corrected chi connectivity index (χ2v) is 6.33. The largest absolute Gasteiger partial charge is 0.491 e. The van der Waals surface area contributed by atoms with Gasteiger partial charge in [0.1, 0.15) is 5.75 Å². The van der Waals surface area contributed by atoms with Crippen molar-refractivity contribution >= 4 is 29.2 Å². The zero-order valence-corrected chi connectivity index (χ0v) is 15.4. The van der Waals surface area contributed by atoms with Gasteiger partial charge in [-0.15, -0.1) is 0 Å². The van der Waals surface area contributed by atoms with Gasteiger partial charge in [0.25, 0.3) is 0 Å². The molecule has 0 spiro atoms. The van der Waals surface area contributed by atoms with Gasteiger partial charge in [0.15, 0.2) is 0 Å². The van der Waals surface area contributed by atoms with Crippen molar-refractivity contribution in [2.75, 3.05) is 11.9 Å². The molecule has 6 heteroatoms. The smallest absolute Gasteiger partial charge is 0.335 e. The van der Waals surface area contributed by atoms with Crippen LogP contribution in [-0.4, -0.2) is 23.6 Å². The number of anilines is 1. The second-order valence-electron chi connectivity index (χ2n) is 5.89. The van der Waals surface area contributed by atoms with Crippen LogP contribution in [0.3, 0.4) is 0 Å². The summed E-state index contributed by atoms with van der Waals surface area (Å²) in [6.45, 7) is 2.46. The molecule has 1 amide bonds. The lowest BCUT2D eigenvalue weighted by molar-refractivity contribution is -0.116. The Hall–Kier alpha value is -2.53. The van der Waals surface area contributed by atoms with Gasteiger partial charge in [-0.1, -0.05) is 30.7 Å². The Bertz CT molecular complexity index is 759. The lowest BCUT2D eigenvalue weighted by atomic mass is 10.1.